The van der Waals surface area contributed by atoms with Gasteiger partial charge in [0.05, 0.1) is 46.1 Å². The summed E-state index contributed by atoms with van der Waals surface area (Å²) in [5.74, 6) is -0.262. The van der Waals surface area contributed by atoms with E-state index >= 15 is 0 Å². The summed E-state index contributed by atoms with van der Waals surface area (Å²) in [4.78, 5) is 24.6. The summed E-state index contributed by atoms with van der Waals surface area (Å²) >= 11 is 18.4. The third-order valence-electron chi connectivity index (χ3n) is 4.85. The SMILES string of the molecule is COc1cc(OC)c(NS(=O)(=O)c2cc(C(=O)NNC(=O)c3cc(C)oc3C)c(Cl)cc2Cl)cc1Cl. The minimum absolute atomic E-state index is 0.00152. The summed E-state index contributed by atoms with van der Waals surface area (Å²) in [7, 11) is -1.64. The second kappa shape index (κ2) is 10.9. The normalized spacial score (nSPS) is 11.1. The topological polar surface area (TPSA) is 136 Å². The zero-order valence-corrected chi connectivity index (χ0v) is 22.4. The molecule has 1 heterocycles. The Morgan fingerprint density at radius 2 is 1.42 bits per heavy atom. The number of methoxy groups -OCH3 is 2. The number of aryl methyl sites for hydroxylation is 2. The lowest BCUT2D eigenvalue weighted by molar-refractivity contribution is 0.0845. The van der Waals surface area contributed by atoms with E-state index in [0.29, 0.717) is 11.5 Å². The largest absolute Gasteiger partial charge is 0.495 e. The van der Waals surface area contributed by atoms with E-state index in [1.54, 1.807) is 13.8 Å². The van der Waals surface area contributed by atoms with Gasteiger partial charge in [-0.25, -0.2) is 8.42 Å². The lowest BCUT2D eigenvalue weighted by atomic mass is 10.2. The monoisotopic (exact) mass is 575 g/mol. The summed E-state index contributed by atoms with van der Waals surface area (Å²) in [6.45, 7) is 3.26. The van der Waals surface area contributed by atoms with Crippen LogP contribution in [0.5, 0.6) is 11.5 Å². The number of amides is 2. The summed E-state index contributed by atoms with van der Waals surface area (Å²) in [6, 6.07) is 6.26. The van der Waals surface area contributed by atoms with Gasteiger partial charge >= 0.3 is 0 Å². The Morgan fingerprint density at radius 1 is 0.806 bits per heavy atom. The van der Waals surface area contributed by atoms with Gasteiger partial charge in [0.1, 0.15) is 27.9 Å². The predicted molar refractivity (Wildman–Crippen MR) is 135 cm³/mol. The molecule has 0 bridgehead atoms. The first-order valence-electron chi connectivity index (χ1n) is 9.99. The quantitative estimate of drug-likeness (QED) is 0.345. The maximum atomic E-state index is 13.2. The van der Waals surface area contributed by atoms with Gasteiger partial charge < -0.3 is 13.9 Å². The number of hydrogen-bond donors (Lipinski definition) is 3. The van der Waals surface area contributed by atoms with Crippen molar-refractivity contribution in [3.8, 4) is 11.5 Å². The molecule has 10 nitrogen and oxygen atoms in total. The van der Waals surface area contributed by atoms with Crippen LogP contribution >= 0.6 is 34.8 Å². The van der Waals surface area contributed by atoms with Crippen molar-refractivity contribution in [1.82, 2.24) is 10.9 Å². The standard InChI is InChI=1S/C22H20Cl3N3O7S/c1-10-5-12(11(2)35-10)21(29)26-27-22(30)13-6-20(16(25)7-14(13)23)36(31,32)28-17-8-15(24)18(33-3)9-19(17)34-4/h5-9,28H,1-4H3,(H,26,29)(H,27,30). The molecular weight excluding hydrogens is 557 g/mol. The number of halogens is 3. The molecule has 2 amide bonds. The molecule has 0 aliphatic heterocycles. The van der Waals surface area contributed by atoms with Crippen molar-refractivity contribution in [3.63, 3.8) is 0 Å². The average molecular weight is 577 g/mol. The smallest absolute Gasteiger partial charge is 0.273 e. The van der Waals surface area contributed by atoms with E-state index in [0.717, 1.165) is 12.1 Å². The van der Waals surface area contributed by atoms with Crippen molar-refractivity contribution in [3.05, 3.63) is 68.0 Å². The molecule has 0 radical (unpaired) electrons. The van der Waals surface area contributed by atoms with Gasteiger partial charge in [0.25, 0.3) is 21.8 Å². The van der Waals surface area contributed by atoms with Crippen LogP contribution in [0, 0.1) is 13.8 Å². The van der Waals surface area contributed by atoms with Crippen LogP contribution in [0.3, 0.4) is 0 Å². The van der Waals surface area contributed by atoms with E-state index in [1.807, 2.05) is 0 Å². The van der Waals surface area contributed by atoms with Crippen LogP contribution in [0.1, 0.15) is 32.2 Å². The number of carbonyl (C=O) groups excluding carboxylic acids is 2. The number of ether oxygens (including phenoxy) is 2. The number of rotatable bonds is 7. The number of furan rings is 1. The highest BCUT2D eigenvalue weighted by molar-refractivity contribution is 7.92. The molecule has 0 aliphatic rings. The predicted octanol–water partition coefficient (Wildman–Crippen LogP) is 4.75. The molecule has 3 rings (SSSR count). The van der Waals surface area contributed by atoms with E-state index in [4.69, 9.17) is 48.7 Å². The average Bonchev–Trinajstić information content (AvgIpc) is 3.14. The van der Waals surface area contributed by atoms with Crippen molar-refractivity contribution in [2.45, 2.75) is 18.7 Å². The molecular formula is C22H20Cl3N3O7S. The number of hydrogen-bond acceptors (Lipinski definition) is 7. The molecule has 36 heavy (non-hydrogen) atoms. The van der Waals surface area contributed by atoms with E-state index < -0.39 is 26.7 Å². The van der Waals surface area contributed by atoms with E-state index in [2.05, 4.69) is 15.6 Å². The fraction of sp³-hybridized carbons (Fsp3) is 0.182. The summed E-state index contributed by atoms with van der Waals surface area (Å²) < 4.78 is 44.2. The van der Waals surface area contributed by atoms with Crippen molar-refractivity contribution >= 4 is 62.3 Å². The van der Waals surface area contributed by atoms with Gasteiger partial charge in [-0.1, -0.05) is 34.8 Å². The zero-order valence-electron chi connectivity index (χ0n) is 19.3. The van der Waals surface area contributed by atoms with Crippen molar-refractivity contribution in [2.75, 3.05) is 18.9 Å². The third-order valence-corrected chi connectivity index (χ3v) is 7.29. The zero-order chi connectivity index (χ0) is 26.8. The molecule has 14 heteroatoms. The van der Waals surface area contributed by atoms with Gasteiger partial charge in [-0.2, -0.15) is 0 Å². The van der Waals surface area contributed by atoms with Crippen LogP contribution in [-0.2, 0) is 10.0 Å². The lowest BCUT2D eigenvalue weighted by Gasteiger charge is -2.16. The van der Waals surface area contributed by atoms with Crippen LogP contribution in [0.25, 0.3) is 0 Å². The van der Waals surface area contributed by atoms with Gasteiger partial charge in [0, 0.05) is 6.07 Å². The highest BCUT2D eigenvalue weighted by atomic mass is 35.5. The Kier molecular flexibility index (Phi) is 8.29. The first-order valence-corrected chi connectivity index (χ1v) is 12.6. The van der Waals surface area contributed by atoms with Crippen LogP contribution < -0.4 is 25.0 Å². The molecule has 1 aromatic heterocycles. The molecule has 0 atom stereocenters. The lowest BCUT2D eigenvalue weighted by Crippen LogP contribution is -2.41. The van der Waals surface area contributed by atoms with Crippen molar-refractivity contribution in [2.24, 2.45) is 0 Å². The van der Waals surface area contributed by atoms with Crippen LogP contribution in [0.4, 0.5) is 5.69 Å². The minimum Gasteiger partial charge on any atom is -0.495 e. The summed E-state index contributed by atoms with van der Waals surface area (Å²) in [5, 5.41) is -0.278. The highest BCUT2D eigenvalue weighted by Crippen LogP contribution is 2.38. The fourth-order valence-corrected chi connectivity index (χ4v) is 5.32. The molecule has 3 N–H and O–H groups in total. The van der Waals surface area contributed by atoms with Crippen molar-refractivity contribution < 1.29 is 31.9 Å². The van der Waals surface area contributed by atoms with Crippen molar-refractivity contribution in [1.29, 1.82) is 0 Å². The molecule has 192 valence electrons. The number of anilines is 1. The second-order valence-electron chi connectivity index (χ2n) is 7.29. The van der Waals surface area contributed by atoms with E-state index in [9.17, 15) is 18.0 Å². The maximum Gasteiger partial charge on any atom is 0.273 e. The number of carbonyl (C=O) groups is 2. The van der Waals surface area contributed by atoms with Gasteiger partial charge in [-0.3, -0.25) is 25.2 Å². The number of hydrazine groups is 1. The van der Waals surface area contributed by atoms with Gasteiger partial charge in [-0.05, 0) is 38.1 Å². The Balaban J connectivity index is 1.88. The Hall–Kier alpha value is -3.12. The molecule has 2 aromatic carbocycles. The van der Waals surface area contributed by atoms with Gasteiger partial charge in [0.15, 0.2) is 0 Å². The molecule has 0 aliphatic carbocycles. The first kappa shape index (κ1) is 27.5. The van der Waals surface area contributed by atoms with Gasteiger partial charge in [-0.15, -0.1) is 0 Å². The molecule has 3 aromatic rings. The summed E-state index contributed by atoms with van der Waals surface area (Å²) in [5.41, 5.74) is 4.36. The van der Waals surface area contributed by atoms with E-state index in [1.165, 1.54) is 32.4 Å². The Morgan fingerprint density at radius 3 is 1.97 bits per heavy atom. The Bertz CT molecular complexity index is 1460. The van der Waals surface area contributed by atoms with Crippen LogP contribution in [0.2, 0.25) is 15.1 Å². The summed E-state index contributed by atoms with van der Waals surface area (Å²) in [6.07, 6.45) is 0. The molecule has 0 spiro atoms. The number of nitrogens with one attached hydrogen (secondary N) is 3. The highest BCUT2D eigenvalue weighted by Gasteiger charge is 2.25. The number of benzene rings is 2. The molecule has 0 fully saturated rings. The maximum absolute atomic E-state index is 13.2. The molecule has 0 saturated heterocycles. The van der Waals surface area contributed by atoms with E-state index in [-0.39, 0.29) is 43.4 Å². The molecule has 0 unspecified atom stereocenters. The Labute approximate surface area is 221 Å². The van der Waals surface area contributed by atoms with Gasteiger partial charge in [0.2, 0.25) is 0 Å². The fourth-order valence-electron chi connectivity index (χ4n) is 3.15. The third kappa shape index (κ3) is 5.81. The number of sulfonamides is 1. The minimum atomic E-state index is -4.36. The first-order chi connectivity index (χ1) is 16.9. The molecule has 0 saturated carbocycles. The van der Waals surface area contributed by atoms with Crippen LogP contribution in [-0.4, -0.2) is 34.5 Å². The second-order valence-corrected chi connectivity index (χ2v) is 10.2. The van der Waals surface area contributed by atoms with Crippen LogP contribution in [0.15, 0.2) is 39.6 Å².